The van der Waals surface area contributed by atoms with Crippen molar-refractivity contribution in [2.24, 2.45) is 7.05 Å². The predicted molar refractivity (Wildman–Crippen MR) is 85.0 cm³/mol. The van der Waals surface area contributed by atoms with E-state index in [2.05, 4.69) is 5.32 Å². The molecule has 0 spiro atoms. The van der Waals surface area contributed by atoms with Gasteiger partial charge in [-0.15, -0.1) is 11.3 Å². The summed E-state index contributed by atoms with van der Waals surface area (Å²) in [6.45, 7) is 3.69. The summed E-state index contributed by atoms with van der Waals surface area (Å²) in [6, 6.07) is 2.73. The number of aromatic carboxylic acids is 1. The molecule has 2 aromatic rings. The second-order valence-corrected chi connectivity index (χ2v) is 6.04. The fourth-order valence-electron chi connectivity index (χ4n) is 2.18. The number of carboxylic acid groups (broad SMARTS) is 1. The molecule has 2 aromatic heterocycles. The minimum atomic E-state index is -1.07. The first-order valence-corrected chi connectivity index (χ1v) is 7.50. The lowest BCUT2D eigenvalue weighted by Crippen LogP contribution is -2.20. The van der Waals surface area contributed by atoms with Crippen LogP contribution in [0, 0.1) is 6.92 Å². The number of hydrogen-bond donors (Lipinski definition) is 2. The molecule has 0 aromatic carbocycles. The Morgan fingerprint density at radius 1 is 1.41 bits per heavy atom. The molecule has 0 aliphatic rings. The maximum absolute atomic E-state index is 12.2. The second kappa shape index (κ2) is 6.15. The molecule has 0 saturated heterocycles. The van der Waals surface area contributed by atoms with Crippen LogP contribution < -0.4 is 10.9 Å². The van der Waals surface area contributed by atoms with Crippen molar-refractivity contribution in [2.75, 3.05) is 5.32 Å². The van der Waals surface area contributed by atoms with Crippen molar-refractivity contribution < 1.29 is 14.7 Å². The molecule has 0 unspecified atom stereocenters. The fourth-order valence-corrected chi connectivity index (χ4v) is 3.32. The summed E-state index contributed by atoms with van der Waals surface area (Å²) < 4.78 is 1.35. The van der Waals surface area contributed by atoms with Crippen molar-refractivity contribution in [3.63, 3.8) is 0 Å². The number of aromatic nitrogens is 1. The Balaban J connectivity index is 2.38. The molecule has 2 N–H and O–H groups in total. The van der Waals surface area contributed by atoms with Gasteiger partial charge in [-0.2, -0.15) is 0 Å². The number of nitrogens with one attached hydrogen (secondary N) is 1. The predicted octanol–water partition coefficient (Wildman–Crippen LogP) is 2.27. The number of rotatable bonds is 4. The molecule has 1 amide bonds. The summed E-state index contributed by atoms with van der Waals surface area (Å²) >= 11 is 1.23. The molecule has 22 heavy (non-hydrogen) atoms. The average Bonchev–Trinajstić information content (AvgIpc) is 2.77. The third-order valence-corrected chi connectivity index (χ3v) is 4.43. The normalized spacial score (nSPS) is 10.5. The van der Waals surface area contributed by atoms with Gasteiger partial charge in [0.2, 0.25) is 0 Å². The molecular formula is C15H16N2O4S. The number of amides is 1. The van der Waals surface area contributed by atoms with Gasteiger partial charge in [0.1, 0.15) is 5.00 Å². The Hall–Kier alpha value is -2.41. The molecule has 0 bridgehead atoms. The highest BCUT2D eigenvalue weighted by molar-refractivity contribution is 7.16. The molecule has 116 valence electrons. The molecule has 7 heteroatoms. The topological polar surface area (TPSA) is 88.4 Å². The van der Waals surface area contributed by atoms with E-state index >= 15 is 0 Å². The van der Waals surface area contributed by atoms with Gasteiger partial charge in [0.15, 0.2) is 0 Å². The van der Waals surface area contributed by atoms with Crippen molar-refractivity contribution in [1.29, 1.82) is 0 Å². The SMILES string of the molecule is CCc1c(C)sc(NC(=O)c2ccn(C)c(=O)c2)c1C(=O)O. The van der Waals surface area contributed by atoms with Crippen LogP contribution >= 0.6 is 11.3 Å². The molecule has 0 aliphatic heterocycles. The van der Waals surface area contributed by atoms with Crippen molar-refractivity contribution >= 4 is 28.2 Å². The van der Waals surface area contributed by atoms with Gasteiger partial charge in [-0.05, 0) is 25.0 Å². The summed E-state index contributed by atoms with van der Waals surface area (Å²) in [5.41, 5.74) is 0.741. The third kappa shape index (κ3) is 2.94. The van der Waals surface area contributed by atoms with E-state index in [0.717, 1.165) is 10.4 Å². The van der Waals surface area contributed by atoms with Gasteiger partial charge >= 0.3 is 5.97 Å². The Bertz CT molecular complexity index is 804. The molecule has 2 rings (SSSR count). The Labute approximate surface area is 131 Å². The summed E-state index contributed by atoms with van der Waals surface area (Å²) in [7, 11) is 1.59. The maximum atomic E-state index is 12.2. The van der Waals surface area contributed by atoms with Crippen molar-refractivity contribution in [3.05, 3.63) is 50.3 Å². The molecule has 0 radical (unpaired) electrons. The van der Waals surface area contributed by atoms with Crippen LogP contribution in [0.2, 0.25) is 0 Å². The van der Waals surface area contributed by atoms with Gasteiger partial charge in [0.25, 0.3) is 11.5 Å². The van der Waals surface area contributed by atoms with E-state index < -0.39 is 11.9 Å². The highest BCUT2D eigenvalue weighted by Gasteiger charge is 2.22. The van der Waals surface area contributed by atoms with Crippen LogP contribution in [-0.2, 0) is 13.5 Å². The third-order valence-electron chi connectivity index (χ3n) is 3.37. The first kappa shape index (κ1) is 16.0. The quantitative estimate of drug-likeness (QED) is 0.904. The van der Waals surface area contributed by atoms with Crippen LogP contribution in [0.3, 0.4) is 0 Å². The number of anilines is 1. The van der Waals surface area contributed by atoms with Gasteiger partial charge < -0.3 is 15.0 Å². The van der Waals surface area contributed by atoms with Gasteiger partial charge in [-0.1, -0.05) is 6.92 Å². The summed E-state index contributed by atoms with van der Waals surface area (Å²) in [5.74, 6) is -1.57. The van der Waals surface area contributed by atoms with Gasteiger partial charge in [-0.3, -0.25) is 9.59 Å². The van der Waals surface area contributed by atoms with E-state index in [4.69, 9.17) is 0 Å². The molecule has 0 atom stereocenters. The standard InChI is InChI=1S/C15H16N2O4S/c1-4-10-8(2)22-14(12(10)15(20)21)16-13(19)9-5-6-17(3)11(18)7-9/h5-7H,4H2,1-3H3,(H,16,19)(H,20,21). The van der Waals surface area contributed by atoms with Gasteiger partial charge in [-0.25, -0.2) is 4.79 Å². The largest absolute Gasteiger partial charge is 0.478 e. The van der Waals surface area contributed by atoms with E-state index in [1.807, 2.05) is 13.8 Å². The van der Waals surface area contributed by atoms with Crippen LogP contribution in [-0.4, -0.2) is 21.6 Å². The lowest BCUT2D eigenvalue weighted by Gasteiger charge is -2.05. The first-order chi connectivity index (χ1) is 10.3. The van der Waals surface area contributed by atoms with Crippen LogP contribution in [0.5, 0.6) is 0 Å². The average molecular weight is 320 g/mol. The second-order valence-electron chi connectivity index (χ2n) is 4.82. The summed E-state index contributed by atoms with van der Waals surface area (Å²) in [5, 5.41) is 12.3. The number of pyridine rings is 1. The van der Waals surface area contributed by atoms with Gasteiger partial charge in [0.05, 0.1) is 5.56 Å². The van der Waals surface area contributed by atoms with E-state index in [1.165, 1.54) is 34.2 Å². The molecule has 0 saturated carbocycles. The zero-order chi connectivity index (χ0) is 16.4. The van der Waals surface area contributed by atoms with E-state index in [-0.39, 0.29) is 16.7 Å². The highest BCUT2D eigenvalue weighted by atomic mass is 32.1. The van der Waals surface area contributed by atoms with Crippen molar-refractivity contribution in [1.82, 2.24) is 4.57 Å². The number of hydrogen-bond acceptors (Lipinski definition) is 4. The van der Waals surface area contributed by atoms with Crippen LogP contribution in [0.15, 0.2) is 23.1 Å². The monoisotopic (exact) mass is 320 g/mol. The van der Waals surface area contributed by atoms with Crippen molar-refractivity contribution in [3.8, 4) is 0 Å². The lowest BCUT2D eigenvalue weighted by molar-refractivity contribution is 0.0697. The molecule has 0 fully saturated rings. The minimum Gasteiger partial charge on any atom is -0.478 e. The van der Waals surface area contributed by atoms with Crippen LogP contribution in [0.1, 0.15) is 38.1 Å². The van der Waals surface area contributed by atoms with Crippen molar-refractivity contribution in [2.45, 2.75) is 20.3 Å². The minimum absolute atomic E-state index is 0.127. The lowest BCUT2D eigenvalue weighted by atomic mass is 10.1. The Morgan fingerprint density at radius 2 is 2.09 bits per heavy atom. The fraction of sp³-hybridized carbons (Fsp3) is 0.267. The molecule has 6 nitrogen and oxygen atoms in total. The van der Waals surface area contributed by atoms with Crippen LogP contribution in [0.4, 0.5) is 5.00 Å². The summed E-state index contributed by atoms with van der Waals surface area (Å²) in [4.78, 5) is 36.1. The highest BCUT2D eigenvalue weighted by Crippen LogP contribution is 2.33. The number of aryl methyl sites for hydroxylation is 2. The number of carbonyl (C=O) groups is 2. The number of carboxylic acids is 1. The van der Waals surface area contributed by atoms with Gasteiger partial charge in [0, 0.05) is 29.8 Å². The summed E-state index contributed by atoms with van der Waals surface area (Å²) in [6.07, 6.45) is 2.07. The number of nitrogens with zero attached hydrogens (tertiary/aromatic N) is 1. The van der Waals surface area contributed by atoms with E-state index in [9.17, 15) is 19.5 Å². The molecule has 2 heterocycles. The zero-order valence-corrected chi connectivity index (χ0v) is 13.3. The maximum Gasteiger partial charge on any atom is 0.339 e. The zero-order valence-electron chi connectivity index (χ0n) is 12.5. The molecule has 0 aliphatic carbocycles. The Morgan fingerprint density at radius 3 is 2.64 bits per heavy atom. The number of carbonyl (C=O) groups excluding carboxylic acids is 1. The molecular weight excluding hydrogens is 304 g/mol. The smallest absolute Gasteiger partial charge is 0.339 e. The van der Waals surface area contributed by atoms with E-state index in [1.54, 1.807) is 7.05 Å². The number of thiophene rings is 1. The Kier molecular flexibility index (Phi) is 4.46. The van der Waals surface area contributed by atoms with Crippen LogP contribution in [0.25, 0.3) is 0 Å². The first-order valence-electron chi connectivity index (χ1n) is 6.68. The van der Waals surface area contributed by atoms with E-state index in [0.29, 0.717) is 11.4 Å².